The second kappa shape index (κ2) is 5.54. The summed E-state index contributed by atoms with van der Waals surface area (Å²) in [7, 11) is 0. The van der Waals surface area contributed by atoms with Crippen LogP contribution in [-0.2, 0) is 9.53 Å². The molecule has 102 valence electrons. The zero-order valence-electron chi connectivity index (χ0n) is 10.1. The van der Waals surface area contributed by atoms with Crippen LogP contribution in [0, 0.1) is 0 Å². The smallest absolute Gasteiger partial charge is 0.329 e. The third-order valence-corrected chi connectivity index (χ3v) is 3.32. The topological polar surface area (TPSA) is 88.5 Å². The van der Waals surface area contributed by atoms with Gasteiger partial charge in [-0.05, 0) is 12.1 Å². The molecule has 0 atom stereocenters. The number of nitrogens with zero attached hydrogens (tertiary/aromatic N) is 1. The summed E-state index contributed by atoms with van der Waals surface area (Å²) in [5, 5.41) is 12.2. The van der Waals surface area contributed by atoms with Crippen LogP contribution in [0.15, 0.2) is 18.3 Å². The first-order valence-corrected chi connectivity index (χ1v) is 6.16. The van der Waals surface area contributed by atoms with E-state index in [1.54, 1.807) is 0 Å². The summed E-state index contributed by atoms with van der Waals surface area (Å²) in [6.45, 7) is 0.622. The molecule has 19 heavy (non-hydrogen) atoms. The first-order chi connectivity index (χ1) is 9.03. The van der Waals surface area contributed by atoms with E-state index >= 15 is 0 Å². The summed E-state index contributed by atoms with van der Waals surface area (Å²) in [5.74, 6) is -1.53. The number of ether oxygens (including phenoxy) is 1. The molecule has 1 aromatic heterocycles. The van der Waals surface area contributed by atoms with Crippen LogP contribution in [0.25, 0.3) is 0 Å². The van der Waals surface area contributed by atoms with Crippen LogP contribution >= 0.6 is 11.6 Å². The maximum absolute atomic E-state index is 12.0. The Morgan fingerprint density at radius 1 is 1.37 bits per heavy atom. The van der Waals surface area contributed by atoms with Crippen molar-refractivity contribution in [3.8, 4) is 0 Å². The Hall–Kier alpha value is -1.66. The number of rotatable bonds is 3. The third kappa shape index (κ3) is 3.02. The fourth-order valence-corrected chi connectivity index (χ4v) is 2.02. The summed E-state index contributed by atoms with van der Waals surface area (Å²) in [6.07, 6.45) is 1.80. The highest BCUT2D eigenvalue weighted by Gasteiger charge is 2.41. The van der Waals surface area contributed by atoms with Crippen LogP contribution in [0.3, 0.4) is 0 Å². The minimum atomic E-state index is -1.27. The van der Waals surface area contributed by atoms with Gasteiger partial charge in [0.15, 0.2) is 0 Å². The Kier molecular flexibility index (Phi) is 4.01. The Labute approximate surface area is 114 Å². The Bertz CT molecular complexity index is 483. The van der Waals surface area contributed by atoms with E-state index < -0.39 is 17.4 Å². The van der Waals surface area contributed by atoms with Crippen molar-refractivity contribution in [2.45, 2.75) is 18.4 Å². The monoisotopic (exact) mass is 284 g/mol. The molecule has 6 nitrogen and oxygen atoms in total. The second-order valence-corrected chi connectivity index (χ2v) is 4.71. The van der Waals surface area contributed by atoms with Crippen LogP contribution in [0.5, 0.6) is 0 Å². The normalized spacial score (nSPS) is 17.7. The molecule has 1 aliphatic heterocycles. The Balaban J connectivity index is 2.15. The fourth-order valence-electron chi connectivity index (χ4n) is 1.91. The van der Waals surface area contributed by atoms with Crippen LogP contribution in [0.1, 0.15) is 23.2 Å². The van der Waals surface area contributed by atoms with Crippen molar-refractivity contribution in [3.63, 3.8) is 0 Å². The lowest BCUT2D eigenvalue weighted by atomic mass is 9.90. The van der Waals surface area contributed by atoms with Gasteiger partial charge in [0.2, 0.25) is 0 Å². The fraction of sp³-hybridized carbons (Fsp3) is 0.417. The molecule has 0 radical (unpaired) electrons. The molecule has 0 aromatic carbocycles. The Morgan fingerprint density at radius 3 is 2.58 bits per heavy atom. The Morgan fingerprint density at radius 2 is 2.05 bits per heavy atom. The third-order valence-electron chi connectivity index (χ3n) is 3.10. The molecule has 0 bridgehead atoms. The summed E-state index contributed by atoms with van der Waals surface area (Å²) >= 11 is 5.63. The van der Waals surface area contributed by atoms with E-state index in [2.05, 4.69) is 10.3 Å². The number of carbonyl (C=O) groups excluding carboxylic acids is 1. The van der Waals surface area contributed by atoms with Crippen LogP contribution in [0.4, 0.5) is 0 Å². The molecular weight excluding hydrogens is 272 g/mol. The lowest BCUT2D eigenvalue weighted by Gasteiger charge is -2.33. The molecular formula is C12H13ClN2O4. The summed E-state index contributed by atoms with van der Waals surface area (Å²) < 4.78 is 5.13. The first-order valence-electron chi connectivity index (χ1n) is 5.79. The lowest BCUT2D eigenvalue weighted by molar-refractivity contribution is -0.148. The molecule has 2 rings (SSSR count). The summed E-state index contributed by atoms with van der Waals surface area (Å²) in [4.78, 5) is 27.2. The minimum Gasteiger partial charge on any atom is -0.480 e. The maximum Gasteiger partial charge on any atom is 0.329 e. The van der Waals surface area contributed by atoms with Gasteiger partial charge < -0.3 is 15.2 Å². The van der Waals surface area contributed by atoms with Gasteiger partial charge in [-0.2, -0.15) is 0 Å². The van der Waals surface area contributed by atoms with Gasteiger partial charge in [0.25, 0.3) is 5.91 Å². The summed E-state index contributed by atoms with van der Waals surface area (Å²) in [5.41, 5.74) is -0.994. The van der Waals surface area contributed by atoms with Gasteiger partial charge in [0.05, 0.1) is 5.56 Å². The van der Waals surface area contributed by atoms with Gasteiger partial charge in [-0.1, -0.05) is 11.6 Å². The van der Waals surface area contributed by atoms with E-state index in [1.807, 2.05) is 0 Å². The number of hydrogen-bond donors (Lipinski definition) is 2. The van der Waals surface area contributed by atoms with Crippen molar-refractivity contribution < 1.29 is 19.4 Å². The van der Waals surface area contributed by atoms with Crippen molar-refractivity contribution in [1.29, 1.82) is 0 Å². The van der Waals surface area contributed by atoms with Gasteiger partial charge >= 0.3 is 5.97 Å². The molecule has 2 N–H and O–H groups in total. The predicted octanol–water partition coefficient (Wildman–Crippen LogP) is 1.10. The SMILES string of the molecule is O=C(NC1(C(=O)O)CCOCC1)c1ccc(Cl)nc1. The molecule has 1 saturated heterocycles. The zero-order chi connectivity index (χ0) is 13.9. The molecule has 1 amide bonds. The van der Waals surface area contributed by atoms with E-state index in [0.29, 0.717) is 13.2 Å². The van der Waals surface area contributed by atoms with E-state index in [-0.39, 0.29) is 23.6 Å². The van der Waals surface area contributed by atoms with Crippen LogP contribution in [0.2, 0.25) is 5.15 Å². The highest BCUT2D eigenvalue weighted by Crippen LogP contribution is 2.21. The minimum absolute atomic E-state index is 0.245. The van der Waals surface area contributed by atoms with Crippen molar-refractivity contribution in [2.24, 2.45) is 0 Å². The van der Waals surface area contributed by atoms with E-state index in [1.165, 1.54) is 18.3 Å². The average Bonchev–Trinajstić information content (AvgIpc) is 2.40. The van der Waals surface area contributed by atoms with Gasteiger partial charge in [-0.25, -0.2) is 9.78 Å². The van der Waals surface area contributed by atoms with Crippen molar-refractivity contribution in [2.75, 3.05) is 13.2 Å². The number of aliphatic carboxylic acids is 1. The molecule has 1 aliphatic rings. The quantitative estimate of drug-likeness (QED) is 0.812. The predicted molar refractivity (Wildman–Crippen MR) is 67.1 cm³/mol. The number of hydrogen-bond acceptors (Lipinski definition) is 4. The molecule has 2 heterocycles. The van der Waals surface area contributed by atoms with Crippen molar-refractivity contribution in [1.82, 2.24) is 10.3 Å². The first kappa shape index (κ1) is 13.8. The standard InChI is InChI=1S/C12H13ClN2O4/c13-9-2-1-8(7-14-9)10(16)15-12(11(17)18)3-5-19-6-4-12/h1-2,7H,3-6H2,(H,15,16)(H,17,18). The molecule has 0 unspecified atom stereocenters. The van der Waals surface area contributed by atoms with E-state index in [9.17, 15) is 14.7 Å². The lowest BCUT2D eigenvalue weighted by Crippen LogP contribution is -2.57. The number of nitrogens with one attached hydrogen (secondary N) is 1. The number of carbonyl (C=O) groups is 2. The highest BCUT2D eigenvalue weighted by atomic mass is 35.5. The van der Waals surface area contributed by atoms with Gasteiger partial charge in [0, 0.05) is 32.3 Å². The zero-order valence-corrected chi connectivity index (χ0v) is 10.8. The number of halogens is 1. The molecule has 0 saturated carbocycles. The van der Waals surface area contributed by atoms with E-state index in [0.717, 1.165) is 0 Å². The number of aromatic nitrogens is 1. The van der Waals surface area contributed by atoms with Crippen molar-refractivity contribution in [3.05, 3.63) is 29.0 Å². The molecule has 0 aliphatic carbocycles. The van der Waals surface area contributed by atoms with Crippen LogP contribution < -0.4 is 5.32 Å². The molecule has 1 aromatic rings. The van der Waals surface area contributed by atoms with Gasteiger partial charge in [-0.3, -0.25) is 4.79 Å². The maximum atomic E-state index is 12.0. The van der Waals surface area contributed by atoms with Crippen molar-refractivity contribution >= 4 is 23.5 Å². The van der Waals surface area contributed by atoms with Gasteiger partial charge in [-0.15, -0.1) is 0 Å². The molecule has 7 heteroatoms. The average molecular weight is 285 g/mol. The molecule has 1 fully saturated rings. The number of pyridine rings is 1. The summed E-state index contributed by atoms with van der Waals surface area (Å²) in [6, 6.07) is 2.98. The second-order valence-electron chi connectivity index (χ2n) is 4.32. The number of carboxylic acid groups (broad SMARTS) is 1. The largest absolute Gasteiger partial charge is 0.480 e. The van der Waals surface area contributed by atoms with Gasteiger partial charge in [0.1, 0.15) is 10.7 Å². The number of amides is 1. The highest BCUT2D eigenvalue weighted by molar-refractivity contribution is 6.29. The number of carboxylic acids is 1. The van der Waals surface area contributed by atoms with Crippen LogP contribution in [-0.4, -0.2) is 40.7 Å². The van der Waals surface area contributed by atoms with E-state index in [4.69, 9.17) is 16.3 Å². The molecule has 0 spiro atoms.